The molecule has 0 atom stereocenters. The number of benzene rings is 1. The van der Waals surface area contributed by atoms with E-state index < -0.39 is 10.0 Å². The third-order valence-corrected chi connectivity index (χ3v) is 7.65. The Labute approximate surface area is 206 Å². The number of rotatable bonds is 5. The molecular weight excluding hydrogens is 492 g/mol. The molecule has 13 heteroatoms. The molecule has 0 radical (unpaired) electrons. The van der Waals surface area contributed by atoms with Gasteiger partial charge < -0.3 is 15.6 Å². The van der Waals surface area contributed by atoms with Gasteiger partial charge in [0.15, 0.2) is 0 Å². The summed E-state index contributed by atoms with van der Waals surface area (Å²) in [4.78, 5) is 34.3. The Morgan fingerprint density at radius 2 is 1.80 bits per heavy atom. The van der Waals surface area contributed by atoms with Crippen LogP contribution >= 0.6 is 11.6 Å². The average molecular weight is 513 g/mol. The molecule has 1 aromatic carbocycles. The van der Waals surface area contributed by atoms with E-state index in [1.165, 1.54) is 21.6 Å². The van der Waals surface area contributed by atoms with Crippen molar-refractivity contribution in [3.63, 3.8) is 0 Å². The second kappa shape index (κ2) is 9.30. The quantitative estimate of drug-likeness (QED) is 0.409. The summed E-state index contributed by atoms with van der Waals surface area (Å²) in [5.74, 6) is -0.329. The molecule has 0 spiro atoms. The van der Waals surface area contributed by atoms with Crippen LogP contribution in [0.2, 0.25) is 5.02 Å². The highest BCUT2D eigenvalue weighted by molar-refractivity contribution is 7.89. The molecule has 3 aromatic heterocycles. The predicted molar refractivity (Wildman–Crippen MR) is 129 cm³/mol. The SMILES string of the molecule is NCc1cccc(-c2cnc(C(=O)N3CCN(S(=O)(=O)c4nc5cc(Cl)ccc5[nH]4)CC3)nc2)n1. The summed E-state index contributed by atoms with van der Waals surface area (Å²) < 4.78 is 27.4. The van der Waals surface area contributed by atoms with Crippen LogP contribution in [-0.4, -0.2) is 74.6 Å². The summed E-state index contributed by atoms with van der Waals surface area (Å²) in [7, 11) is -3.85. The zero-order chi connectivity index (χ0) is 24.6. The van der Waals surface area contributed by atoms with Crippen molar-refractivity contribution in [3.05, 3.63) is 65.3 Å². The minimum atomic E-state index is -3.85. The van der Waals surface area contributed by atoms with E-state index in [0.717, 1.165) is 5.69 Å². The first kappa shape index (κ1) is 23.3. The molecule has 0 aliphatic carbocycles. The van der Waals surface area contributed by atoms with Gasteiger partial charge in [0.1, 0.15) is 0 Å². The van der Waals surface area contributed by atoms with E-state index >= 15 is 0 Å². The molecule has 1 amide bonds. The molecule has 180 valence electrons. The minimum Gasteiger partial charge on any atom is -0.333 e. The molecule has 5 rings (SSSR count). The second-order valence-electron chi connectivity index (χ2n) is 7.91. The molecule has 4 heterocycles. The largest absolute Gasteiger partial charge is 0.333 e. The summed E-state index contributed by atoms with van der Waals surface area (Å²) >= 11 is 5.97. The molecule has 1 aliphatic rings. The number of nitrogens with two attached hydrogens (primary N) is 1. The number of carbonyl (C=O) groups is 1. The molecule has 3 N–H and O–H groups in total. The number of nitrogens with one attached hydrogen (secondary N) is 1. The summed E-state index contributed by atoms with van der Waals surface area (Å²) in [5, 5.41) is 0.316. The smallest absolute Gasteiger partial charge is 0.291 e. The Hall–Kier alpha value is -3.45. The number of aromatic nitrogens is 5. The summed E-state index contributed by atoms with van der Waals surface area (Å²) in [6, 6.07) is 10.4. The topological polar surface area (TPSA) is 151 Å². The zero-order valence-electron chi connectivity index (χ0n) is 18.4. The van der Waals surface area contributed by atoms with Gasteiger partial charge in [0, 0.05) is 55.7 Å². The van der Waals surface area contributed by atoms with Crippen molar-refractivity contribution < 1.29 is 13.2 Å². The molecule has 0 unspecified atom stereocenters. The van der Waals surface area contributed by atoms with Crippen molar-refractivity contribution in [1.29, 1.82) is 0 Å². The predicted octanol–water partition coefficient (Wildman–Crippen LogP) is 1.67. The van der Waals surface area contributed by atoms with Gasteiger partial charge in [-0.1, -0.05) is 17.7 Å². The lowest BCUT2D eigenvalue weighted by Gasteiger charge is -2.33. The van der Waals surface area contributed by atoms with Crippen molar-refractivity contribution in [3.8, 4) is 11.3 Å². The van der Waals surface area contributed by atoms with Gasteiger partial charge in [0.05, 0.1) is 22.4 Å². The van der Waals surface area contributed by atoms with Crippen molar-refractivity contribution >= 4 is 38.6 Å². The van der Waals surface area contributed by atoms with Gasteiger partial charge >= 0.3 is 0 Å². The van der Waals surface area contributed by atoms with Crippen LogP contribution in [0, 0.1) is 0 Å². The van der Waals surface area contributed by atoms with Crippen molar-refractivity contribution in [2.75, 3.05) is 26.2 Å². The van der Waals surface area contributed by atoms with E-state index in [9.17, 15) is 13.2 Å². The number of aromatic amines is 1. The van der Waals surface area contributed by atoms with Crippen LogP contribution in [0.15, 0.2) is 53.9 Å². The highest BCUT2D eigenvalue weighted by atomic mass is 35.5. The number of hydrogen-bond acceptors (Lipinski definition) is 8. The number of hydrogen-bond donors (Lipinski definition) is 2. The third kappa shape index (κ3) is 4.60. The fraction of sp³-hybridized carbons (Fsp3) is 0.227. The highest BCUT2D eigenvalue weighted by Gasteiger charge is 2.33. The van der Waals surface area contributed by atoms with Gasteiger partial charge in [0.25, 0.3) is 15.9 Å². The van der Waals surface area contributed by atoms with Crippen LogP contribution in [0.5, 0.6) is 0 Å². The van der Waals surface area contributed by atoms with Gasteiger partial charge in [-0.05, 0) is 30.3 Å². The Bertz CT molecular complexity index is 1500. The Kier molecular flexibility index (Phi) is 6.19. The molecule has 11 nitrogen and oxygen atoms in total. The van der Waals surface area contributed by atoms with Gasteiger partial charge in [0.2, 0.25) is 11.0 Å². The Morgan fingerprint density at radius 3 is 2.51 bits per heavy atom. The standard InChI is InChI=1S/C22H21ClN8O3S/c23-15-4-5-18-19(10-15)29-22(28-18)35(33,34)31-8-6-30(7-9-31)21(32)20-25-12-14(13-26-20)17-3-1-2-16(11-24)27-17/h1-5,10,12-13H,6-9,11,24H2,(H,28,29). The van der Waals surface area contributed by atoms with Crippen LogP contribution in [0.1, 0.15) is 16.3 Å². The van der Waals surface area contributed by atoms with E-state index in [4.69, 9.17) is 17.3 Å². The number of carbonyl (C=O) groups excluding carboxylic acids is 1. The van der Waals surface area contributed by atoms with Gasteiger partial charge in [-0.15, -0.1) is 0 Å². The van der Waals surface area contributed by atoms with Crippen molar-refractivity contribution in [2.45, 2.75) is 11.7 Å². The van der Waals surface area contributed by atoms with E-state index in [1.807, 2.05) is 18.2 Å². The second-order valence-corrected chi connectivity index (χ2v) is 10.2. The Balaban J connectivity index is 1.26. The lowest BCUT2D eigenvalue weighted by Crippen LogP contribution is -2.50. The third-order valence-electron chi connectivity index (χ3n) is 5.69. The summed E-state index contributed by atoms with van der Waals surface area (Å²) in [6.45, 7) is 0.974. The first-order valence-electron chi connectivity index (χ1n) is 10.8. The summed E-state index contributed by atoms with van der Waals surface area (Å²) in [6.07, 6.45) is 3.08. The lowest BCUT2D eigenvalue weighted by molar-refractivity contribution is 0.0685. The first-order valence-corrected chi connectivity index (χ1v) is 12.6. The maximum absolute atomic E-state index is 13.1. The number of sulfonamides is 1. The first-order chi connectivity index (χ1) is 16.8. The minimum absolute atomic E-state index is 0.0363. The molecule has 1 aliphatic heterocycles. The van der Waals surface area contributed by atoms with Crippen LogP contribution < -0.4 is 5.73 Å². The van der Waals surface area contributed by atoms with Crippen molar-refractivity contribution in [1.82, 2.24) is 34.1 Å². The van der Waals surface area contributed by atoms with Gasteiger partial charge in [-0.2, -0.15) is 4.31 Å². The van der Waals surface area contributed by atoms with Crippen LogP contribution in [0.4, 0.5) is 0 Å². The number of nitrogens with zero attached hydrogens (tertiary/aromatic N) is 6. The number of amides is 1. The Morgan fingerprint density at radius 1 is 1.06 bits per heavy atom. The average Bonchev–Trinajstić information content (AvgIpc) is 3.33. The van der Waals surface area contributed by atoms with E-state index in [0.29, 0.717) is 33.9 Å². The number of fused-ring (bicyclic) bond motifs is 1. The maximum atomic E-state index is 13.1. The lowest BCUT2D eigenvalue weighted by atomic mass is 10.2. The maximum Gasteiger partial charge on any atom is 0.291 e. The molecule has 1 saturated heterocycles. The van der Waals surface area contributed by atoms with Gasteiger partial charge in [-0.25, -0.2) is 23.4 Å². The monoisotopic (exact) mass is 512 g/mol. The molecule has 4 aromatic rings. The molecule has 1 fully saturated rings. The van der Waals surface area contributed by atoms with Crippen LogP contribution in [0.25, 0.3) is 22.3 Å². The number of H-pyrrole nitrogens is 1. The van der Waals surface area contributed by atoms with Gasteiger partial charge in [-0.3, -0.25) is 9.78 Å². The number of imidazole rings is 1. The molecule has 0 saturated carbocycles. The highest BCUT2D eigenvalue weighted by Crippen LogP contribution is 2.22. The molecule has 35 heavy (non-hydrogen) atoms. The fourth-order valence-electron chi connectivity index (χ4n) is 3.80. The molecule has 0 bridgehead atoms. The fourth-order valence-corrected chi connectivity index (χ4v) is 5.31. The van der Waals surface area contributed by atoms with Crippen LogP contribution in [-0.2, 0) is 16.6 Å². The molecular formula is C22H21ClN8O3S. The number of piperazine rings is 1. The normalized spacial score (nSPS) is 15.0. The van der Waals surface area contributed by atoms with E-state index in [2.05, 4.69) is 24.9 Å². The zero-order valence-corrected chi connectivity index (χ0v) is 20.0. The number of pyridine rings is 1. The summed E-state index contributed by atoms with van der Waals surface area (Å²) in [5.41, 5.74) is 8.75. The van der Waals surface area contributed by atoms with E-state index in [1.54, 1.807) is 18.2 Å². The van der Waals surface area contributed by atoms with Crippen molar-refractivity contribution in [2.24, 2.45) is 5.73 Å². The van der Waals surface area contributed by atoms with Crippen LogP contribution in [0.3, 0.4) is 0 Å². The number of halogens is 1. The van der Waals surface area contributed by atoms with E-state index in [-0.39, 0.29) is 43.1 Å².